The van der Waals surface area contributed by atoms with Crippen molar-refractivity contribution in [1.82, 2.24) is 19.4 Å². The second kappa shape index (κ2) is 8.74. The topological polar surface area (TPSA) is 106 Å². The Kier molecular flexibility index (Phi) is 5.69. The largest absolute Gasteiger partial charge is 0.573 e. The van der Waals surface area contributed by atoms with E-state index in [-0.39, 0.29) is 34.3 Å². The highest BCUT2D eigenvalue weighted by Gasteiger charge is 2.53. The predicted molar refractivity (Wildman–Crippen MR) is 131 cm³/mol. The fraction of sp³-hybridized carbons (Fsp3) is 0.500. The summed E-state index contributed by atoms with van der Waals surface area (Å²) in [6.07, 6.45) is 0.470. The van der Waals surface area contributed by atoms with Crippen LogP contribution in [0, 0.1) is 5.41 Å². The van der Waals surface area contributed by atoms with Gasteiger partial charge >= 0.3 is 12.1 Å². The Bertz CT molecular complexity index is 1440. The van der Waals surface area contributed by atoms with Crippen molar-refractivity contribution in [2.45, 2.75) is 63.0 Å². The first-order valence-corrected chi connectivity index (χ1v) is 12.7. The third-order valence-corrected chi connectivity index (χ3v) is 8.34. The van der Waals surface area contributed by atoms with Gasteiger partial charge in [-0.3, -0.25) is 14.3 Å². The number of carbonyl (C=O) groups excluding carboxylic acids is 1. The number of hydrogen-bond acceptors (Lipinski definition) is 5. The number of anilines is 1. The zero-order valence-electron chi connectivity index (χ0n) is 20.4. The molecule has 1 spiro atoms. The molecule has 3 heterocycles. The summed E-state index contributed by atoms with van der Waals surface area (Å²) in [4.78, 5) is 34.8. The molecule has 0 unspecified atom stereocenters. The van der Waals surface area contributed by atoms with Crippen LogP contribution in [0.1, 0.15) is 66.4 Å². The molecule has 2 aliphatic carbocycles. The van der Waals surface area contributed by atoms with Gasteiger partial charge in [-0.05, 0) is 73.6 Å². The van der Waals surface area contributed by atoms with E-state index in [2.05, 4.69) is 14.7 Å². The number of carbonyl (C=O) groups is 1. The molecular weight excluding hydrogens is 506 g/mol. The molecule has 0 atom stereocenters. The molecule has 8 nitrogen and oxygen atoms in total. The van der Waals surface area contributed by atoms with E-state index >= 15 is 0 Å². The minimum Gasteiger partial charge on any atom is -0.406 e. The normalized spacial score (nSPS) is 25.8. The Balaban J connectivity index is 1.14. The van der Waals surface area contributed by atoms with Crippen LogP contribution in [0.4, 0.5) is 23.2 Å². The summed E-state index contributed by atoms with van der Waals surface area (Å²) in [6, 6.07) is 5.12. The lowest BCUT2D eigenvalue weighted by atomic mass is 9.50. The van der Waals surface area contributed by atoms with Crippen molar-refractivity contribution in [3.8, 4) is 5.75 Å². The molecule has 1 aliphatic heterocycles. The van der Waals surface area contributed by atoms with E-state index in [1.54, 1.807) is 15.7 Å². The monoisotopic (exact) mass is 533 g/mol. The number of likely N-dealkylation sites (tertiary alicyclic amines) is 1. The van der Waals surface area contributed by atoms with Crippen molar-refractivity contribution >= 4 is 22.8 Å². The summed E-state index contributed by atoms with van der Waals surface area (Å²) in [5.41, 5.74) is 8.01. The number of nitrogens with zero attached hydrogens (tertiary/aromatic N) is 3. The first-order chi connectivity index (χ1) is 18.0. The van der Waals surface area contributed by atoms with E-state index < -0.39 is 18.3 Å². The molecule has 1 amide bonds. The van der Waals surface area contributed by atoms with Crippen LogP contribution in [0.3, 0.4) is 0 Å². The van der Waals surface area contributed by atoms with Crippen molar-refractivity contribution < 1.29 is 27.1 Å². The van der Waals surface area contributed by atoms with E-state index in [9.17, 15) is 27.2 Å². The average molecular weight is 534 g/mol. The number of aromatic amines is 1. The number of aromatic nitrogens is 3. The highest BCUT2D eigenvalue weighted by atomic mass is 19.4. The lowest BCUT2D eigenvalue weighted by molar-refractivity contribution is -0.274. The molecule has 0 radical (unpaired) electrons. The maximum Gasteiger partial charge on any atom is 0.573 e. The van der Waals surface area contributed by atoms with E-state index in [1.165, 1.54) is 6.07 Å². The number of alkyl halides is 4. The van der Waals surface area contributed by atoms with Crippen molar-refractivity contribution in [2.24, 2.45) is 5.41 Å². The first kappa shape index (κ1) is 24.7. The lowest BCUT2D eigenvalue weighted by Crippen LogP contribution is -2.47. The van der Waals surface area contributed by atoms with Gasteiger partial charge in [0.25, 0.3) is 5.91 Å². The Hall–Kier alpha value is -3.57. The van der Waals surface area contributed by atoms with Gasteiger partial charge in [-0.25, -0.2) is 14.2 Å². The number of hydrogen-bond donors (Lipinski definition) is 2. The quantitative estimate of drug-likeness (QED) is 0.374. The molecule has 3 aromatic rings. The fourth-order valence-electron chi connectivity index (χ4n) is 6.47. The van der Waals surface area contributed by atoms with Gasteiger partial charge < -0.3 is 15.4 Å². The Morgan fingerprint density at radius 1 is 1.13 bits per heavy atom. The zero-order chi connectivity index (χ0) is 26.8. The number of pyridine rings is 1. The van der Waals surface area contributed by atoms with Crippen molar-refractivity contribution in [1.29, 1.82) is 0 Å². The zero-order valence-corrected chi connectivity index (χ0v) is 20.4. The third-order valence-electron chi connectivity index (χ3n) is 8.34. The van der Waals surface area contributed by atoms with Crippen LogP contribution < -0.4 is 16.2 Å². The summed E-state index contributed by atoms with van der Waals surface area (Å²) >= 11 is 0. The van der Waals surface area contributed by atoms with Gasteiger partial charge in [0.05, 0.1) is 11.1 Å². The number of nitrogens with one attached hydrogen (secondary N) is 1. The van der Waals surface area contributed by atoms with Gasteiger partial charge in [-0.2, -0.15) is 0 Å². The van der Waals surface area contributed by atoms with Crippen molar-refractivity contribution in [3.05, 3.63) is 52.1 Å². The third kappa shape index (κ3) is 4.39. The number of nitrogens with two attached hydrogens (primary N) is 1. The minimum absolute atomic E-state index is 0.0971. The number of benzene rings is 1. The highest BCUT2D eigenvalue weighted by molar-refractivity contribution is 5.99. The van der Waals surface area contributed by atoms with Gasteiger partial charge in [-0.15, -0.1) is 13.2 Å². The molecule has 2 saturated carbocycles. The summed E-state index contributed by atoms with van der Waals surface area (Å²) in [7, 11) is 0. The maximum absolute atomic E-state index is 13.4. The van der Waals surface area contributed by atoms with E-state index in [1.807, 2.05) is 6.07 Å². The molecule has 12 heteroatoms. The number of halogens is 4. The van der Waals surface area contributed by atoms with Crippen LogP contribution >= 0.6 is 0 Å². The van der Waals surface area contributed by atoms with Crippen LogP contribution in [0.2, 0.25) is 0 Å². The fourth-order valence-corrected chi connectivity index (χ4v) is 6.47. The van der Waals surface area contributed by atoms with Crippen molar-refractivity contribution in [2.75, 3.05) is 18.8 Å². The molecule has 6 rings (SSSR count). The number of H-pyrrole nitrogens is 1. The number of amides is 1. The standard InChI is InChI=1S/C26H27F4N5O3/c27-16-11-25(12-16)9-15(10-25)14-7-21-22(32-13-14)33-24(37)35(21)17-3-5-34(6-4-17)23(36)19-2-1-18(8-20(19)31)38-26(28,29)30/h1-2,7-8,13,15-17H,3-6,9-12,31H2,(H,32,33,37). The maximum atomic E-state index is 13.4. The van der Waals surface area contributed by atoms with Gasteiger partial charge in [-0.1, -0.05) is 0 Å². The number of piperidine rings is 1. The Morgan fingerprint density at radius 3 is 2.47 bits per heavy atom. The molecule has 202 valence electrons. The lowest BCUT2D eigenvalue weighted by Gasteiger charge is -2.55. The van der Waals surface area contributed by atoms with Crippen molar-refractivity contribution in [3.63, 3.8) is 0 Å². The number of ether oxygens (including phenoxy) is 1. The molecule has 1 saturated heterocycles. The second-order valence-electron chi connectivity index (χ2n) is 10.9. The highest BCUT2D eigenvalue weighted by Crippen LogP contribution is 2.62. The summed E-state index contributed by atoms with van der Waals surface area (Å²) < 4.78 is 56.3. The number of fused-ring (bicyclic) bond motifs is 1. The minimum atomic E-state index is -4.85. The van der Waals surface area contributed by atoms with Gasteiger partial charge in [0, 0.05) is 37.1 Å². The Labute approximate surface area is 214 Å². The number of rotatable bonds is 4. The van der Waals surface area contributed by atoms with Gasteiger partial charge in [0.2, 0.25) is 0 Å². The molecule has 3 N–H and O–H groups in total. The molecule has 1 aromatic carbocycles. The Morgan fingerprint density at radius 2 is 1.84 bits per heavy atom. The molecule has 0 bridgehead atoms. The van der Waals surface area contributed by atoms with Crippen LogP contribution in [0.5, 0.6) is 5.75 Å². The first-order valence-electron chi connectivity index (χ1n) is 12.7. The summed E-state index contributed by atoms with van der Waals surface area (Å²) in [5, 5.41) is 0. The van der Waals surface area contributed by atoms with Crippen LogP contribution in [0.25, 0.3) is 11.2 Å². The van der Waals surface area contributed by atoms with E-state index in [4.69, 9.17) is 5.73 Å². The van der Waals surface area contributed by atoms with E-state index in [0.29, 0.717) is 50.3 Å². The average Bonchev–Trinajstić information content (AvgIpc) is 3.14. The number of imidazole rings is 1. The predicted octanol–water partition coefficient (Wildman–Crippen LogP) is 4.68. The van der Waals surface area contributed by atoms with Crippen LogP contribution in [0.15, 0.2) is 35.3 Å². The molecule has 38 heavy (non-hydrogen) atoms. The molecule has 3 aliphatic rings. The SMILES string of the molecule is Nc1cc(OC(F)(F)F)ccc1C(=O)N1CCC(n2c(=O)[nH]c3ncc(C4CC5(CC(F)C5)C4)cc32)CC1. The van der Waals surface area contributed by atoms with Crippen LogP contribution in [-0.2, 0) is 0 Å². The van der Waals surface area contributed by atoms with E-state index in [0.717, 1.165) is 36.1 Å². The second-order valence-corrected chi connectivity index (χ2v) is 10.9. The smallest absolute Gasteiger partial charge is 0.406 e. The molecule has 2 aromatic heterocycles. The molecular formula is C26H27F4N5O3. The van der Waals surface area contributed by atoms with Gasteiger partial charge in [0.15, 0.2) is 5.65 Å². The number of nitrogen functional groups attached to an aromatic ring is 1. The molecule has 3 fully saturated rings. The van der Waals surface area contributed by atoms with Gasteiger partial charge in [0.1, 0.15) is 11.9 Å². The summed E-state index contributed by atoms with van der Waals surface area (Å²) in [5.74, 6) is -0.566. The van der Waals surface area contributed by atoms with Crippen LogP contribution in [-0.4, -0.2) is 51.0 Å². The summed E-state index contributed by atoms with van der Waals surface area (Å²) in [6.45, 7) is 0.705.